The highest BCUT2D eigenvalue weighted by Crippen LogP contribution is 2.20. The number of hydrogen-bond donors (Lipinski definition) is 1. The fourth-order valence-electron chi connectivity index (χ4n) is 1.50. The molecule has 1 aromatic rings. The molecule has 1 aromatic carbocycles. The molecular weight excluding hydrogens is 254 g/mol. The molecule has 0 saturated carbocycles. The van der Waals surface area contributed by atoms with E-state index in [1.165, 1.54) is 5.56 Å². The third kappa shape index (κ3) is 3.93. The van der Waals surface area contributed by atoms with Crippen molar-refractivity contribution in [1.29, 1.82) is 0 Å². The Morgan fingerprint density at radius 3 is 2.80 bits per heavy atom. The molecule has 0 bridgehead atoms. The second-order valence-electron chi connectivity index (χ2n) is 3.68. The van der Waals surface area contributed by atoms with E-state index in [0.717, 1.165) is 23.1 Å². The van der Waals surface area contributed by atoms with Gasteiger partial charge in [0.25, 0.3) is 0 Å². The Morgan fingerprint density at radius 2 is 2.20 bits per heavy atom. The maximum Gasteiger partial charge on any atom is 0.0659 e. The molecule has 1 rings (SSSR count). The van der Waals surface area contributed by atoms with Crippen molar-refractivity contribution in [3.63, 3.8) is 0 Å². The molecule has 15 heavy (non-hydrogen) atoms. The number of halogens is 1. The lowest BCUT2D eigenvalue weighted by atomic mass is 10.0. The first-order valence-corrected chi connectivity index (χ1v) is 6.03. The zero-order valence-electron chi connectivity index (χ0n) is 9.29. The molecule has 0 fully saturated rings. The highest BCUT2D eigenvalue weighted by Gasteiger charge is 2.08. The number of rotatable bonds is 5. The van der Waals surface area contributed by atoms with Crippen molar-refractivity contribution < 1.29 is 4.74 Å². The van der Waals surface area contributed by atoms with Gasteiger partial charge < -0.3 is 10.5 Å². The molecule has 0 saturated heterocycles. The smallest absolute Gasteiger partial charge is 0.0659 e. The normalized spacial score (nSPS) is 12.8. The van der Waals surface area contributed by atoms with Crippen molar-refractivity contribution in [2.45, 2.75) is 26.3 Å². The van der Waals surface area contributed by atoms with Crippen LogP contribution >= 0.6 is 15.9 Å². The molecule has 0 aliphatic heterocycles. The average molecular weight is 272 g/mol. The Morgan fingerprint density at radius 1 is 1.47 bits per heavy atom. The van der Waals surface area contributed by atoms with E-state index in [1.54, 1.807) is 0 Å². The van der Waals surface area contributed by atoms with Gasteiger partial charge in [-0.15, -0.1) is 0 Å². The number of benzene rings is 1. The summed E-state index contributed by atoms with van der Waals surface area (Å²) < 4.78 is 6.54. The zero-order valence-corrected chi connectivity index (χ0v) is 10.9. The van der Waals surface area contributed by atoms with Crippen LogP contribution in [0.2, 0.25) is 0 Å². The van der Waals surface area contributed by atoms with Crippen LogP contribution in [-0.2, 0) is 4.74 Å². The van der Waals surface area contributed by atoms with Gasteiger partial charge in [-0.1, -0.05) is 28.9 Å². The summed E-state index contributed by atoms with van der Waals surface area (Å²) in [5.74, 6) is 0. The molecule has 0 radical (unpaired) electrons. The number of nitrogens with two attached hydrogens (primary N) is 1. The van der Waals surface area contributed by atoms with Gasteiger partial charge in [0.1, 0.15) is 0 Å². The first-order valence-electron chi connectivity index (χ1n) is 5.24. The van der Waals surface area contributed by atoms with Crippen LogP contribution < -0.4 is 5.73 Å². The fraction of sp³-hybridized carbons (Fsp3) is 0.500. The molecule has 0 amide bonds. The Labute approximate surface area is 99.9 Å². The van der Waals surface area contributed by atoms with Gasteiger partial charge in [-0.05, 0) is 36.6 Å². The lowest BCUT2D eigenvalue weighted by Crippen LogP contribution is -2.18. The maximum atomic E-state index is 6.05. The van der Waals surface area contributed by atoms with Crippen LogP contribution in [0.15, 0.2) is 22.7 Å². The molecule has 2 nitrogen and oxygen atoms in total. The van der Waals surface area contributed by atoms with Crippen LogP contribution in [0, 0.1) is 6.92 Å². The summed E-state index contributed by atoms with van der Waals surface area (Å²) >= 11 is 3.44. The predicted molar refractivity (Wildman–Crippen MR) is 66.9 cm³/mol. The van der Waals surface area contributed by atoms with Gasteiger partial charge in [-0.2, -0.15) is 0 Å². The largest absolute Gasteiger partial charge is 0.379 e. The summed E-state index contributed by atoms with van der Waals surface area (Å²) in [6.07, 6.45) is 1.03. The van der Waals surface area contributed by atoms with Gasteiger partial charge in [0, 0.05) is 11.1 Å². The first kappa shape index (κ1) is 12.7. The average Bonchev–Trinajstić information content (AvgIpc) is 2.17. The molecule has 1 unspecified atom stereocenters. The van der Waals surface area contributed by atoms with Crippen LogP contribution in [0.1, 0.15) is 30.5 Å². The molecule has 0 aromatic heterocycles. The maximum absolute atomic E-state index is 6.05. The molecule has 84 valence electrons. The van der Waals surface area contributed by atoms with Gasteiger partial charge in [0.05, 0.1) is 12.6 Å². The number of aryl methyl sites for hydroxylation is 1. The van der Waals surface area contributed by atoms with E-state index in [1.807, 2.05) is 6.07 Å². The van der Waals surface area contributed by atoms with E-state index in [9.17, 15) is 0 Å². The Hall–Kier alpha value is -0.380. The van der Waals surface area contributed by atoms with Crippen molar-refractivity contribution in [2.24, 2.45) is 5.73 Å². The molecule has 2 N–H and O–H groups in total. The van der Waals surface area contributed by atoms with Crippen LogP contribution in [0.3, 0.4) is 0 Å². The summed E-state index contributed by atoms with van der Waals surface area (Å²) in [5.41, 5.74) is 8.41. The standard InChI is InChI=1S/C12H18BrNO/c1-3-6-15-8-12(14)11-5-4-10(13)7-9(11)2/h4-5,7,12H,3,6,8,14H2,1-2H3. The van der Waals surface area contributed by atoms with Crippen LogP contribution in [-0.4, -0.2) is 13.2 Å². The van der Waals surface area contributed by atoms with Gasteiger partial charge in [0.2, 0.25) is 0 Å². The highest BCUT2D eigenvalue weighted by atomic mass is 79.9. The summed E-state index contributed by atoms with van der Waals surface area (Å²) in [6.45, 7) is 5.54. The minimum Gasteiger partial charge on any atom is -0.379 e. The monoisotopic (exact) mass is 271 g/mol. The van der Waals surface area contributed by atoms with E-state index in [2.05, 4.69) is 41.9 Å². The van der Waals surface area contributed by atoms with E-state index >= 15 is 0 Å². The van der Waals surface area contributed by atoms with Gasteiger partial charge in [0.15, 0.2) is 0 Å². The minimum atomic E-state index is -0.0235. The van der Waals surface area contributed by atoms with E-state index < -0.39 is 0 Å². The quantitative estimate of drug-likeness (QED) is 0.835. The summed E-state index contributed by atoms with van der Waals surface area (Å²) in [7, 11) is 0. The summed E-state index contributed by atoms with van der Waals surface area (Å²) in [5, 5.41) is 0. The SMILES string of the molecule is CCCOCC(N)c1ccc(Br)cc1C. The lowest BCUT2D eigenvalue weighted by molar-refractivity contribution is 0.121. The van der Waals surface area contributed by atoms with Crippen molar-refractivity contribution in [1.82, 2.24) is 0 Å². The molecule has 0 heterocycles. The van der Waals surface area contributed by atoms with Gasteiger partial charge in [-0.25, -0.2) is 0 Å². The molecule has 3 heteroatoms. The number of ether oxygens (including phenoxy) is 1. The van der Waals surface area contributed by atoms with Gasteiger partial charge in [-0.3, -0.25) is 0 Å². The predicted octanol–water partition coefficient (Wildman–Crippen LogP) is 3.18. The van der Waals surface area contributed by atoms with Crippen LogP contribution in [0.4, 0.5) is 0 Å². The molecule has 0 aliphatic rings. The summed E-state index contributed by atoms with van der Waals surface area (Å²) in [4.78, 5) is 0. The fourth-order valence-corrected chi connectivity index (χ4v) is 1.98. The summed E-state index contributed by atoms with van der Waals surface area (Å²) in [6, 6.07) is 6.13. The Balaban J connectivity index is 2.61. The molecule has 0 spiro atoms. The molecular formula is C12H18BrNO. The Bertz CT molecular complexity index is 314. The third-order valence-electron chi connectivity index (χ3n) is 2.28. The van der Waals surface area contributed by atoms with E-state index in [-0.39, 0.29) is 6.04 Å². The lowest BCUT2D eigenvalue weighted by Gasteiger charge is -2.15. The minimum absolute atomic E-state index is 0.0235. The number of hydrogen-bond acceptors (Lipinski definition) is 2. The zero-order chi connectivity index (χ0) is 11.3. The van der Waals surface area contributed by atoms with Crippen LogP contribution in [0.25, 0.3) is 0 Å². The first-order chi connectivity index (χ1) is 7.15. The van der Waals surface area contributed by atoms with Crippen LogP contribution in [0.5, 0.6) is 0 Å². The molecule has 1 atom stereocenters. The van der Waals surface area contributed by atoms with Crippen molar-refractivity contribution in [3.05, 3.63) is 33.8 Å². The van der Waals surface area contributed by atoms with E-state index in [0.29, 0.717) is 6.61 Å². The topological polar surface area (TPSA) is 35.2 Å². The third-order valence-corrected chi connectivity index (χ3v) is 2.77. The second kappa shape index (κ2) is 6.26. The van der Waals surface area contributed by atoms with Crippen molar-refractivity contribution in [3.8, 4) is 0 Å². The van der Waals surface area contributed by atoms with Crippen molar-refractivity contribution in [2.75, 3.05) is 13.2 Å². The van der Waals surface area contributed by atoms with E-state index in [4.69, 9.17) is 10.5 Å². The Kier molecular flexibility index (Phi) is 5.29. The highest BCUT2D eigenvalue weighted by molar-refractivity contribution is 9.10. The second-order valence-corrected chi connectivity index (χ2v) is 4.60. The molecule has 0 aliphatic carbocycles. The van der Waals surface area contributed by atoms with Gasteiger partial charge >= 0.3 is 0 Å². The van der Waals surface area contributed by atoms with Crippen molar-refractivity contribution >= 4 is 15.9 Å².